The second-order valence-corrected chi connectivity index (χ2v) is 5.41. The minimum absolute atomic E-state index is 0.00521. The molecule has 0 aliphatic carbocycles. The third kappa shape index (κ3) is 3.51. The molecule has 1 N–H and O–H groups in total. The molecule has 1 saturated heterocycles. The molecule has 1 aliphatic heterocycles. The Kier molecular flexibility index (Phi) is 4.37. The number of carbonyl (C=O) groups excluding carboxylic acids is 3. The van der Waals surface area contributed by atoms with Crippen molar-refractivity contribution in [1.29, 1.82) is 0 Å². The molecule has 1 aromatic carbocycles. The largest absolute Gasteiger partial charge is 0.467 e. The maximum absolute atomic E-state index is 12.8. The molecule has 0 atom stereocenters. The summed E-state index contributed by atoms with van der Waals surface area (Å²) >= 11 is 0. The van der Waals surface area contributed by atoms with Crippen LogP contribution in [0.2, 0.25) is 0 Å². The lowest BCUT2D eigenvalue weighted by atomic mass is 10.0. The summed E-state index contributed by atoms with van der Waals surface area (Å²) in [5.74, 6) is -1.60. The molecule has 0 radical (unpaired) electrons. The molecule has 26 heavy (non-hydrogen) atoms. The van der Waals surface area contributed by atoms with Crippen LogP contribution in [0.3, 0.4) is 0 Å². The highest BCUT2D eigenvalue weighted by Gasteiger charge is 2.36. The monoisotopic (exact) mass is 364 g/mol. The molecule has 0 unspecified atom stereocenters. The lowest BCUT2D eigenvalue weighted by Gasteiger charge is -2.25. The van der Waals surface area contributed by atoms with E-state index in [-0.39, 0.29) is 12.1 Å². The molecular formula is C17H11F3N2O4. The lowest BCUT2D eigenvalue weighted by molar-refractivity contribution is -0.137. The minimum Gasteiger partial charge on any atom is -0.467 e. The zero-order valence-electron chi connectivity index (χ0n) is 13.0. The van der Waals surface area contributed by atoms with E-state index in [0.29, 0.717) is 5.76 Å². The Balaban J connectivity index is 1.93. The molecular weight excluding hydrogens is 353 g/mol. The van der Waals surface area contributed by atoms with Gasteiger partial charge in [0.25, 0.3) is 11.8 Å². The van der Waals surface area contributed by atoms with Gasteiger partial charge in [-0.2, -0.15) is 13.2 Å². The summed E-state index contributed by atoms with van der Waals surface area (Å²) in [4.78, 5) is 37.0. The second-order valence-electron chi connectivity index (χ2n) is 5.41. The van der Waals surface area contributed by atoms with Gasteiger partial charge in [-0.1, -0.05) is 12.1 Å². The number of hydrogen-bond acceptors (Lipinski definition) is 4. The van der Waals surface area contributed by atoms with Gasteiger partial charge in [0.15, 0.2) is 0 Å². The first kappa shape index (κ1) is 17.5. The van der Waals surface area contributed by atoms with Crippen LogP contribution >= 0.6 is 0 Å². The number of carbonyl (C=O) groups is 3. The molecule has 1 aliphatic rings. The second kappa shape index (κ2) is 6.51. The Hall–Kier alpha value is -3.36. The summed E-state index contributed by atoms with van der Waals surface area (Å²) in [6.45, 7) is -0.217. The van der Waals surface area contributed by atoms with Crippen LogP contribution in [0.15, 0.2) is 52.7 Å². The van der Waals surface area contributed by atoms with E-state index in [2.05, 4.69) is 0 Å². The summed E-state index contributed by atoms with van der Waals surface area (Å²) in [5, 5.41) is 1.98. The van der Waals surface area contributed by atoms with Gasteiger partial charge >= 0.3 is 12.2 Å². The number of benzene rings is 1. The van der Waals surface area contributed by atoms with E-state index in [0.717, 1.165) is 29.2 Å². The SMILES string of the molecule is O=C1NC(=O)N(Cc2ccco2)C(=O)C1=Cc1cccc(C(F)(F)F)c1. The van der Waals surface area contributed by atoms with Gasteiger partial charge in [-0.05, 0) is 35.9 Å². The zero-order valence-corrected chi connectivity index (χ0v) is 13.0. The van der Waals surface area contributed by atoms with Crippen LogP contribution in [0.25, 0.3) is 6.08 Å². The van der Waals surface area contributed by atoms with Crippen LogP contribution < -0.4 is 5.32 Å². The van der Waals surface area contributed by atoms with E-state index < -0.39 is 35.2 Å². The highest BCUT2D eigenvalue weighted by Crippen LogP contribution is 2.30. The number of barbiturate groups is 1. The number of nitrogens with one attached hydrogen (secondary N) is 1. The summed E-state index contributed by atoms with van der Waals surface area (Å²) < 4.78 is 43.4. The Morgan fingerprint density at radius 3 is 2.54 bits per heavy atom. The Morgan fingerprint density at radius 1 is 1.12 bits per heavy atom. The summed E-state index contributed by atoms with van der Waals surface area (Å²) in [6.07, 6.45) is -2.20. The van der Waals surface area contributed by atoms with E-state index in [1.165, 1.54) is 18.4 Å². The van der Waals surface area contributed by atoms with Crippen LogP contribution in [0.4, 0.5) is 18.0 Å². The number of amides is 4. The standard InChI is InChI=1S/C17H11F3N2O4/c18-17(19,20)11-4-1-3-10(7-11)8-13-14(23)21-16(25)22(15(13)24)9-12-5-2-6-26-12/h1-8H,9H2,(H,21,23,25). The molecule has 0 saturated carbocycles. The van der Waals surface area contributed by atoms with E-state index in [1.54, 1.807) is 6.07 Å². The number of rotatable bonds is 3. The van der Waals surface area contributed by atoms with Crippen LogP contribution in [-0.2, 0) is 22.3 Å². The van der Waals surface area contributed by atoms with Crippen molar-refractivity contribution in [1.82, 2.24) is 10.2 Å². The van der Waals surface area contributed by atoms with Crippen molar-refractivity contribution in [3.63, 3.8) is 0 Å². The summed E-state index contributed by atoms with van der Waals surface area (Å²) in [6, 6.07) is 6.32. The van der Waals surface area contributed by atoms with Crippen molar-refractivity contribution in [2.45, 2.75) is 12.7 Å². The molecule has 3 rings (SSSR count). The third-order valence-electron chi connectivity index (χ3n) is 3.60. The molecule has 0 bridgehead atoms. The molecule has 2 heterocycles. The van der Waals surface area contributed by atoms with Crippen molar-refractivity contribution >= 4 is 23.9 Å². The smallest absolute Gasteiger partial charge is 0.416 e. The van der Waals surface area contributed by atoms with Crippen molar-refractivity contribution in [3.05, 3.63) is 65.1 Å². The van der Waals surface area contributed by atoms with Crippen LogP contribution in [0, 0.1) is 0 Å². The lowest BCUT2D eigenvalue weighted by Crippen LogP contribution is -2.53. The van der Waals surface area contributed by atoms with Crippen LogP contribution in [-0.4, -0.2) is 22.7 Å². The van der Waals surface area contributed by atoms with Gasteiger partial charge in [-0.15, -0.1) is 0 Å². The Morgan fingerprint density at radius 2 is 1.88 bits per heavy atom. The molecule has 9 heteroatoms. The molecule has 1 aromatic heterocycles. The molecule has 4 amide bonds. The van der Waals surface area contributed by atoms with E-state index in [1.807, 2.05) is 5.32 Å². The van der Waals surface area contributed by atoms with Gasteiger partial charge < -0.3 is 4.42 Å². The van der Waals surface area contributed by atoms with E-state index in [9.17, 15) is 27.6 Å². The molecule has 1 fully saturated rings. The molecule has 6 nitrogen and oxygen atoms in total. The van der Waals surface area contributed by atoms with Crippen molar-refractivity contribution in [2.75, 3.05) is 0 Å². The van der Waals surface area contributed by atoms with Gasteiger partial charge in [-0.3, -0.25) is 19.8 Å². The first-order valence-corrected chi connectivity index (χ1v) is 7.34. The van der Waals surface area contributed by atoms with E-state index in [4.69, 9.17) is 4.42 Å². The van der Waals surface area contributed by atoms with Gasteiger partial charge in [0.05, 0.1) is 18.4 Å². The number of furan rings is 1. The predicted molar refractivity (Wildman–Crippen MR) is 82.2 cm³/mol. The number of urea groups is 1. The van der Waals surface area contributed by atoms with Crippen LogP contribution in [0.1, 0.15) is 16.9 Å². The minimum atomic E-state index is -4.56. The fourth-order valence-electron chi connectivity index (χ4n) is 2.37. The zero-order chi connectivity index (χ0) is 18.9. The Bertz CT molecular complexity index is 901. The van der Waals surface area contributed by atoms with Crippen molar-refractivity contribution in [2.24, 2.45) is 0 Å². The maximum Gasteiger partial charge on any atom is 0.416 e. The van der Waals surface area contributed by atoms with Crippen molar-refractivity contribution in [3.8, 4) is 0 Å². The number of nitrogens with zero attached hydrogens (tertiary/aromatic N) is 1. The Labute approximate surface area is 144 Å². The summed E-state index contributed by atoms with van der Waals surface area (Å²) in [5.41, 5.74) is -1.36. The van der Waals surface area contributed by atoms with Gasteiger partial charge in [0.2, 0.25) is 0 Å². The van der Waals surface area contributed by atoms with Crippen molar-refractivity contribution < 1.29 is 32.0 Å². The number of halogens is 3. The quantitative estimate of drug-likeness (QED) is 0.671. The number of hydrogen-bond donors (Lipinski definition) is 1. The molecule has 0 spiro atoms. The first-order chi connectivity index (χ1) is 12.3. The number of alkyl halides is 3. The predicted octanol–water partition coefficient (Wildman–Crippen LogP) is 2.96. The van der Waals surface area contributed by atoms with Gasteiger partial charge in [0, 0.05) is 0 Å². The number of imide groups is 2. The summed E-state index contributed by atoms with van der Waals surface area (Å²) in [7, 11) is 0. The maximum atomic E-state index is 12.8. The fourth-order valence-corrected chi connectivity index (χ4v) is 2.37. The van der Waals surface area contributed by atoms with Gasteiger partial charge in [-0.25, -0.2) is 4.79 Å². The normalized spacial score (nSPS) is 17.0. The van der Waals surface area contributed by atoms with Crippen LogP contribution in [0.5, 0.6) is 0 Å². The molecule has 134 valence electrons. The third-order valence-corrected chi connectivity index (χ3v) is 3.60. The fraction of sp³-hybridized carbons (Fsp3) is 0.118. The highest BCUT2D eigenvalue weighted by molar-refractivity contribution is 6.30. The highest BCUT2D eigenvalue weighted by atomic mass is 19.4. The van der Waals surface area contributed by atoms with Gasteiger partial charge in [0.1, 0.15) is 11.3 Å². The first-order valence-electron chi connectivity index (χ1n) is 7.34. The topological polar surface area (TPSA) is 79.6 Å². The average Bonchev–Trinajstić information content (AvgIpc) is 3.08. The average molecular weight is 364 g/mol. The van der Waals surface area contributed by atoms with E-state index >= 15 is 0 Å². The molecule has 2 aromatic rings.